The van der Waals surface area contributed by atoms with Crippen molar-refractivity contribution in [2.45, 2.75) is 25.4 Å². The second kappa shape index (κ2) is 11.6. The van der Waals surface area contributed by atoms with Gasteiger partial charge in [0.2, 0.25) is 0 Å². The predicted molar refractivity (Wildman–Crippen MR) is 132 cm³/mol. The van der Waals surface area contributed by atoms with Gasteiger partial charge in [-0.25, -0.2) is 4.98 Å². The smallest absolute Gasteiger partial charge is 0.271 e. The van der Waals surface area contributed by atoms with Gasteiger partial charge in [0.25, 0.3) is 5.91 Å². The molecule has 1 aromatic heterocycles. The van der Waals surface area contributed by atoms with Crippen LogP contribution in [0.1, 0.15) is 28.9 Å². The van der Waals surface area contributed by atoms with Crippen LogP contribution in [0, 0.1) is 0 Å². The van der Waals surface area contributed by atoms with Crippen LogP contribution in [0.25, 0.3) is 10.6 Å². The molecule has 0 saturated carbocycles. The molecule has 3 aromatic rings. The van der Waals surface area contributed by atoms with E-state index in [4.69, 9.17) is 21.1 Å². The van der Waals surface area contributed by atoms with E-state index >= 15 is 0 Å². The minimum Gasteiger partial charge on any atom is -0.492 e. The molecule has 1 N–H and O–H groups in total. The van der Waals surface area contributed by atoms with Gasteiger partial charge in [-0.1, -0.05) is 35.9 Å². The SMILES string of the molecule is CN(CCOc1cccc(CNC(=O)c2csc(-c3ccc(Cl)cc3)n2)c1)C1CCOCC1. The molecule has 0 unspecified atom stereocenters. The molecule has 8 heteroatoms. The van der Waals surface area contributed by atoms with Crippen LogP contribution in [-0.4, -0.2) is 55.2 Å². The maximum atomic E-state index is 12.6. The van der Waals surface area contributed by atoms with E-state index in [1.54, 1.807) is 5.38 Å². The first-order valence-electron chi connectivity index (χ1n) is 11.1. The lowest BCUT2D eigenvalue weighted by Crippen LogP contribution is -2.38. The van der Waals surface area contributed by atoms with E-state index in [9.17, 15) is 4.79 Å². The standard InChI is InChI=1S/C25H28ClN3O3S/c1-29(21-9-12-31-13-10-21)11-14-32-22-4-2-3-18(15-22)16-27-24(30)23-17-33-25(28-23)19-5-7-20(26)8-6-19/h2-8,15,17,21H,9-14,16H2,1H3,(H,27,30). The van der Waals surface area contributed by atoms with Gasteiger partial charge < -0.3 is 14.8 Å². The van der Waals surface area contributed by atoms with Crippen LogP contribution in [0.4, 0.5) is 0 Å². The Kier molecular flexibility index (Phi) is 8.34. The summed E-state index contributed by atoms with van der Waals surface area (Å²) in [7, 11) is 2.14. The van der Waals surface area contributed by atoms with Crippen LogP contribution >= 0.6 is 22.9 Å². The molecule has 4 rings (SSSR count). The lowest BCUT2D eigenvalue weighted by molar-refractivity contribution is 0.0392. The van der Waals surface area contributed by atoms with E-state index in [0.29, 0.717) is 29.9 Å². The first-order valence-corrected chi connectivity index (χ1v) is 12.3. The highest BCUT2D eigenvalue weighted by Gasteiger charge is 2.18. The average molecular weight is 486 g/mol. The van der Waals surface area contributed by atoms with Crippen molar-refractivity contribution < 1.29 is 14.3 Å². The fraction of sp³-hybridized carbons (Fsp3) is 0.360. The van der Waals surface area contributed by atoms with Crippen LogP contribution in [-0.2, 0) is 11.3 Å². The van der Waals surface area contributed by atoms with Gasteiger partial charge in [0.1, 0.15) is 23.1 Å². The Bertz CT molecular complexity index is 1050. The van der Waals surface area contributed by atoms with Crippen molar-refractivity contribution in [3.05, 3.63) is 70.2 Å². The summed E-state index contributed by atoms with van der Waals surface area (Å²) in [5.74, 6) is 0.608. The van der Waals surface area contributed by atoms with E-state index in [-0.39, 0.29) is 5.91 Å². The molecule has 174 valence electrons. The molecule has 0 spiro atoms. The number of likely N-dealkylation sites (N-methyl/N-ethyl adjacent to an activating group) is 1. The second-order valence-corrected chi connectivity index (χ2v) is 9.34. The molecular weight excluding hydrogens is 458 g/mol. The molecule has 1 fully saturated rings. The molecular formula is C25H28ClN3O3S. The van der Waals surface area contributed by atoms with Crippen molar-refractivity contribution in [3.8, 4) is 16.3 Å². The number of thiazole rings is 1. The zero-order chi connectivity index (χ0) is 23.0. The largest absolute Gasteiger partial charge is 0.492 e. The third-order valence-corrected chi connectivity index (χ3v) is 6.85. The first-order chi connectivity index (χ1) is 16.1. The van der Waals surface area contributed by atoms with Crippen LogP contribution in [0.2, 0.25) is 5.02 Å². The van der Waals surface area contributed by atoms with Crippen molar-refractivity contribution in [1.29, 1.82) is 0 Å². The third kappa shape index (κ3) is 6.77. The number of hydrogen-bond acceptors (Lipinski definition) is 6. The number of amides is 1. The lowest BCUT2D eigenvalue weighted by atomic mass is 10.1. The molecule has 6 nitrogen and oxygen atoms in total. The second-order valence-electron chi connectivity index (χ2n) is 8.05. The van der Waals surface area contributed by atoms with Crippen LogP contribution in [0.15, 0.2) is 53.9 Å². The molecule has 1 aliphatic heterocycles. The summed E-state index contributed by atoms with van der Waals surface area (Å²) in [6.45, 7) is 3.58. The minimum absolute atomic E-state index is 0.198. The molecule has 2 heterocycles. The minimum atomic E-state index is -0.198. The molecule has 2 aromatic carbocycles. The highest BCUT2D eigenvalue weighted by molar-refractivity contribution is 7.13. The monoisotopic (exact) mass is 485 g/mol. The summed E-state index contributed by atoms with van der Waals surface area (Å²) in [4.78, 5) is 19.4. The zero-order valence-electron chi connectivity index (χ0n) is 18.6. The quantitative estimate of drug-likeness (QED) is 0.468. The van der Waals surface area contributed by atoms with Crippen molar-refractivity contribution in [2.24, 2.45) is 0 Å². The Hall–Kier alpha value is -2.45. The zero-order valence-corrected chi connectivity index (χ0v) is 20.2. The summed E-state index contributed by atoms with van der Waals surface area (Å²) in [5, 5.41) is 6.18. The van der Waals surface area contributed by atoms with E-state index < -0.39 is 0 Å². The number of hydrogen-bond donors (Lipinski definition) is 1. The Morgan fingerprint density at radius 1 is 1.24 bits per heavy atom. The number of benzene rings is 2. The number of nitrogens with one attached hydrogen (secondary N) is 1. The number of carbonyl (C=O) groups is 1. The molecule has 0 bridgehead atoms. The number of nitrogens with zero attached hydrogens (tertiary/aromatic N) is 2. The fourth-order valence-electron chi connectivity index (χ4n) is 3.74. The summed E-state index contributed by atoms with van der Waals surface area (Å²) in [6.07, 6.45) is 2.15. The molecule has 1 saturated heterocycles. The molecule has 1 amide bonds. The van der Waals surface area contributed by atoms with Gasteiger partial charge in [-0.15, -0.1) is 11.3 Å². The van der Waals surface area contributed by atoms with Crippen LogP contribution < -0.4 is 10.1 Å². The maximum Gasteiger partial charge on any atom is 0.271 e. The summed E-state index contributed by atoms with van der Waals surface area (Å²) in [6, 6.07) is 15.8. The Labute approximate surface area is 203 Å². The van der Waals surface area contributed by atoms with Gasteiger partial charge in [0, 0.05) is 48.3 Å². The van der Waals surface area contributed by atoms with Gasteiger partial charge in [0.05, 0.1) is 0 Å². The lowest BCUT2D eigenvalue weighted by Gasteiger charge is -2.31. The topological polar surface area (TPSA) is 63.7 Å². The highest BCUT2D eigenvalue weighted by atomic mass is 35.5. The first kappa shape index (κ1) is 23.7. The van der Waals surface area contributed by atoms with Crippen LogP contribution in [0.3, 0.4) is 0 Å². The summed E-state index contributed by atoms with van der Waals surface area (Å²) < 4.78 is 11.4. The number of carbonyl (C=O) groups excluding carboxylic acids is 1. The highest BCUT2D eigenvalue weighted by Crippen LogP contribution is 2.25. The number of ether oxygens (including phenoxy) is 2. The van der Waals surface area contributed by atoms with Crippen molar-refractivity contribution in [1.82, 2.24) is 15.2 Å². The molecule has 0 aliphatic carbocycles. The van der Waals surface area contributed by atoms with Gasteiger partial charge in [-0.05, 0) is 49.7 Å². The Balaban J connectivity index is 1.25. The van der Waals surface area contributed by atoms with Gasteiger partial charge in [0.15, 0.2) is 0 Å². The van der Waals surface area contributed by atoms with E-state index in [2.05, 4.69) is 22.2 Å². The fourth-order valence-corrected chi connectivity index (χ4v) is 4.67. The van der Waals surface area contributed by atoms with Gasteiger partial charge in [-0.3, -0.25) is 9.69 Å². The van der Waals surface area contributed by atoms with E-state index in [1.807, 2.05) is 48.5 Å². The van der Waals surface area contributed by atoms with E-state index in [1.165, 1.54) is 11.3 Å². The Morgan fingerprint density at radius 2 is 2.03 bits per heavy atom. The van der Waals surface area contributed by atoms with Gasteiger partial charge >= 0.3 is 0 Å². The number of halogens is 1. The van der Waals surface area contributed by atoms with Crippen molar-refractivity contribution in [3.63, 3.8) is 0 Å². The average Bonchev–Trinajstić information content (AvgIpc) is 3.34. The van der Waals surface area contributed by atoms with Gasteiger partial charge in [-0.2, -0.15) is 0 Å². The summed E-state index contributed by atoms with van der Waals surface area (Å²) in [5.41, 5.74) is 2.33. The number of rotatable bonds is 9. The Morgan fingerprint density at radius 3 is 2.82 bits per heavy atom. The van der Waals surface area contributed by atoms with E-state index in [0.717, 1.165) is 54.5 Å². The third-order valence-electron chi connectivity index (χ3n) is 5.71. The maximum absolute atomic E-state index is 12.6. The molecule has 1 aliphatic rings. The van der Waals surface area contributed by atoms with Crippen molar-refractivity contribution in [2.75, 3.05) is 33.4 Å². The normalized spacial score (nSPS) is 14.4. The number of aromatic nitrogens is 1. The van der Waals surface area contributed by atoms with Crippen molar-refractivity contribution >= 4 is 28.8 Å². The predicted octanol–water partition coefficient (Wildman–Crippen LogP) is 4.88. The molecule has 0 atom stereocenters. The van der Waals surface area contributed by atoms with Crippen LogP contribution in [0.5, 0.6) is 5.75 Å². The molecule has 33 heavy (non-hydrogen) atoms. The summed E-state index contributed by atoms with van der Waals surface area (Å²) >= 11 is 7.38. The molecule has 0 radical (unpaired) electrons.